The van der Waals surface area contributed by atoms with Crippen LogP contribution in [0.25, 0.3) is 32.2 Å². The molecule has 0 radical (unpaired) electrons. The van der Waals surface area contributed by atoms with Gasteiger partial charge in [0.2, 0.25) is 0 Å². The van der Waals surface area contributed by atoms with E-state index in [1.165, 1.54) is 0 Å². The monoisotopic (exact) mass is 412 g/mol. The molecule has 0 spiro atoms. The van der Waals surface area contributed by atoms with Crippen molar-refractivity contribution in [3.05, 3.63) is 40.6 Å². The zero-order chi connectivity index (χ0) is 19.5. The summed E-state index contributed by atoms with van der Waals surface area (Å²) in [5.41, 5.74) is 6.51. The summed E-state index contributed by atoms with van der Waals surface area (Å²) in [5, 5.41) is 8.51. The quantitative estimate of drug-likeness (QED) is 0.439. The first-order valence-electron chi connectivity index (χ1n) is 9.00. The fourth-order valence-electron chi connectivity index (χ4n) is 2.81. The third-order valence-corrected chi connectivity index (χ3v) is 5.90. The third-order valence-electron chi connectivity index (χ3n) is 4.15. The lowest BCUT2D eigenvalue weighted by Crippen LogP contribution is -2.35. The van der Waals surface area contributed by atoms with E-state index in [-0.39, 0.29) is 6.03 Å². The van der Waals surface area contributed by atoms with Gasteiger partial charge in [0.05, 0.1) is 28.0 Å². The predicted molar refractivity (Wildman–Crippen MR) is 114 cm³/mol. The van der Waals surface area contributed by atoms with Gasteiger partial charge < -0.3 is 15.6 Å². The largest absolute Gasteiger partial charge is 0.340 e. The van der Waals surface area contributed by atoms with Gasteiger partial charge in [-0.15, -0.1) is 22.7 Å². The molecule has 0 saturated heterocycles. The van der Waals surface area contributed by atoms with Crippen LogP contribution in [0.5, 0.6) is 0 Å². The van der Waals surface area contributed by atoms with Crippen LogP contribution < -0.4 is 10.6 Å². The number of fused-ring (bicyclic) bond motifs is 1. The van der Waals surface area contributed by atoms with Gasteiger partial charge >= 0.3 is 6.03 Å². The Labute approximate surface area is 170 Å². The number of imidazole rings is 1. The van der Waals surface area contributed by atoms with Gasteiger partial charge in [-0.25, -0.2) is 19.7 Å². The van der Waals surface area contributed by atoms with E-state index in [0.29, 0.717) is 18.9 Å². The molecule has 144 valence electrons. The van der Waals surface area contributed by atoms with Crippen molar-refractivity contribution in [2.75, 3.05) is 6.54 Å². The molecule has 28 heavy (non-hydrogen) atoms. The van der Waals surface area contributed by atoms with E-state index >= 15 is 0 Å². The van der Waals surface area contributed by atoms with E-state index in [1.807, 2.05) is 36.9 Å². The average molecular weight is 413 g/mol. The molecule has 0 saturated carbocycles. The number of nitrogens with zero attached hydrogens (tertiary/aromatic N) is 3. The molecule has 2 amide bonds. The minimum absolute atomic E-state index is 0.197. The summed E-state index contributed by atoms with van der Waals surface area (Å²) in [6.07, 6.45) is 0.895. The Morgan fingerprint density at radius 3 is 2.89 bits per heavy atom. The second-order valence-electron chi connectivity index (χ2n) is 6.35. The number of amides is 2. The van der Waals surface area contributed by atoms with Crippen LogP contribution in [0, 0.1) is 6.92 Å². The van der Waals surface area contributed by atoms with Crippen LogP contribution in [0.4, 0.5) is 4.79 Å². The highest BCUT2D eigenvalue weighted by molar-refractivity contribution is 7.16. The van der Waals surface area contributed by atoms with Crippen molar-refractivity contribution in [3.8, 4) is 22.0 Å². The lowest BCUT2D eigenvalue weighted by molar-refractivity contribution is 0.240. The van der Waals surface area contributed by atoms with Crippen LogP contribution in [0.1, 0.15) is 24.9 Å². The Morgan fingerprint density at radius 1 is 1.21 bits per heavy atom. The smallest absolute Gasteiger partial charge is 0.315 e. The van der Waals surface area contributed by atoms with E-state index in [0.717, 1.165) is 44.3 Å². The number of hydrogen-bond acceptors (Lipinski definition) is 6. The van der Waals surface area contributed by atoms with Gasteiger partial charge in [-0.1, -0.05) is 13.0 Å². The lowest BCUT2D eigenvalue weighted by atomic mass is 10.1. The molecule has 4 aromatic rings. The highest BCUT2D eigenvalue weighted by atomic mass is 32.1. The second-order valence-corrected chi connectivity index (χ2v) is 8.09. The van der Waals surface area contributed by atoms with Crippen molar-refractivity contribution < 1.29 is 4.79 Å². The van der Waals surface area contributed by atoms with E-state index in [4.69, 9.17) is 4.98 Å². The molecule has 9 heteroatoms. The Morgan fingerprint density at radius 2 is 2.11 bits per heavy atom. The average Bonchev–Trinajstić information content (AvgIpc) is 3.42. The molecule has 0 aliphatic rings. The first-order valence-corrected chi connectivity index (χ1v) is 10.8. The summed E-state index contributed by atoms with van der Waals surface area (Å²) in [6, 6.07) is 5.95. The molecule has 0 aliphatic carbocycles. The number of urea groups is 1. The number of benzene rings is 1. The number of aromatic nitrogens is 4. The van der Waals surface area contributed by atoms with Gasteiger partial charge in [-0.05, 0) is 25.5 Å². The van der Waals surface area contributed by atoms with Crippen molar-refractivity contribution in [2.45, 2.75) is 26.8 Å². The number of aromatic amines is 1. The maximum atomic E-state index is 11.8. The van der Waals surface area contributed by atoms with Crippen molar-refractivity contribution in [3.63, 3.8) is 0 Å². The predicted octanol–water partition coefficient (Wildman–Crippen LogP) is 4.33. The Bertz CT molecular complexity index is 1110. The topological polar surface area (TPSA) is 95.6 Å². The van der Waals surface area contributed by atoms with Crippen LogP contribution in [0.3, 0.4) is 0 Å². The zero-order valence-electron chi connectivity index (χ0n) is 15.6. The molecule has 0 aliphatic heterocycles. The summed E-state index contributed by atoms with van der Waals surface area (Å²) in [7, 11) is 0. The maximum absolute atomic E-state index is 11.8. The molecule has 4 rings (SSSR count). The minimum atomic E-state index is -0.197. The number of thiazole rings is 2. The standard InChI is InChI=1S/C19H20N6OS2/c1-3-6-20-19(26)21-8-15-24-16(17(25-15)18-23-11(2)9-27-18)12-4-5-13-14(7-12)28-10-22-13/h4-5,7,9-10H,3,6,8H2,1-2H3,(H,24,25)(H2,20,21,26). The summed E-state index contributed by atoms with van der Waals surface area (Å²) in [4.78, 5) is 28.9. The molecular weight excluding hydrogens is 392 g/mol. The molecule has 7 nitrogen and oxygen atoms in total. The van der Waals surface area contributed by atoms with Gasteiger partial charge in [-0.3, -0.25) is 0 Å². The molecule has 3 heterocycles. The molecule has 0 bridgehead atoms. The Hall–Kier alpha value is -2.78. The summed E-state index contributed by atoms with van der Waals surface area (Å²) in [6.45, 7) is 4.95. The normalized spacial score (nSPS) is 11.1. The SMILES string of the molecule is CCCNC(=O)NCc1nc(-c2nc(C)cs2)c(-c2ccc3ncsc3c2)[nH]1. The molecule has 3 aromatic heterocycles. The molecule has 0 unspecified atom stereocenters. The molecule has 3 N–H and O–H groups in total. The number of carbonyl (C=O) groups is 1. The van der Waals surface area contributed by atoms with E-state index in [9.17, 15) is 4.79 Å². The second kappa shape index (κ2) is 8.07. The van der Waals surface area contributed by atoms with Gasteiger partial charge in [0.1, 0.15) is 16.5 Å². The first kappa shape index (κ1) is 18.6. The molecular formula is C19H20N6OS2. The summed E-state index contributed by atoms with van der Waals surface area (Å²) in [5.74, 6) is 0.689. The number of H-pyrrole nitrogens is 1. The van der Waals surface area contributed by atoms with Crippen LogP contribution in [0.2, 0.25) is 0 Å². The van der Waals surface area contributed by atoms with Gasteiger partial charge in [0, 0.05) is 23.2 Å². The number of aryl methyl sites for hydroxylation is 1. The Kier molecular flexibility index (Phi) is 5.36. The van der Waals surface area contributed by atoms with Crippen molar-refractivity contribution in [2.24, 2.45) is 0 Å². The number of hydrogen-bond donors (Lipinski definition) is 3. The maximum Gasteiger partial charge on any atom is 0.315 e. The van der Waals surface area contributed by atoms with Gasteiger partial charge in [-0.2, -0.15) is 0 Å². The van der Waals surface area contributed by atoms with Crippen LogP contribution in [-0.2, 0) is 6.54 Å². The fourth-order valence-corrected chi connectivity index (χ4v) is 4.32. The number of nitrogens with one attached hydrogen (secondary N) is 3. The molecule has 0 atom stereocenters. The summed E-state index contributed by atoms with van der Waals surface area (Å²) < 4.78 is 1.12. The molecule has 1 aromatic carbocycles. The minimum Gasteiger partial charge on any atom is -0.340 e. The van der Waals surface area contributed by atoms with Crippen molar-refractivity contribution >= 4 is 38.9 Å². The third kappa shape index (κ3) is 3.90. The van der Waals surface area contributed by atoms with Crippen molar-refractivity contribution in [1.29, 1.82) is 0 Å². The summed E-state index contributed by atoms with van der Waals surface area (Å²) >= 11 is 3.17. The van der Waals surface area contributed by atoms with E-state index in [1.54, 1.807) is 22.7 Å². The van der Waals surface area contributed by atoms with Crippen LogP contribution in [0.15, 0.2) is 29.1 Å². The Balaban J connectivity index is 1.67. The fraction of sp³-hybridized carbons (Fsp3) is 0.263. The molecule has 0 fully saturated rings. The lowest BCUT2D eigenvalue weighted by Gasteiger charge is -2.04. The highest BCUT2D eigenvalue weighted by Gasteiger charge is 2.17. The number of carbonyl (C=O) groups excluding carboxylic acids is 1. The van der Waals surface area contributed by atoms with Crippen LogP contribution >= 0.6 is 22.7 Å². The van der Waals surface area contributed by atoms with Crippen LogP contribution in [-0.4, -0.2) is 32.5 Å². The number of rotatable bonds is 6. The van der Waals surface area contributed by atoms with Gasteiger partial charge in [0.25, 0.3) is 0 Å². The first-order chi connectivity index (χ1) is 13.6. The van der Waals surface area contributed by atoms with E-state index in [2.05, 4.69) is 31.7 Å². The van der Waals surface area contributed by atoms with Gasteiger partial charge in [0.15, 0.2) is 0 Å². The van der Waals surface area contributed by atoms with E-state index < -0.39 is 0 Å². The zero-order valence-corrected chi connectivity index (χ0v) is 17.2. The van der Waals surface area contributed by atoms with Crippen molar-refractivity contribution in [1.82, 2.24) is 30.6 Å². The highest BCUT2D eigenvalue weighted by Crippen LogP contribution is 2.34.